The van der Waals surface area contributed by atoms with Crippen LogP contribution in [0.1, 0.15) is 30.1 Å². The lowest BCUT2D eigenvalue weighted by Crippen LogP contribution is -2.54. The molecule has 1 aromatic carbocycles. The van der Waals surface area contributed by atoms with Gasteiger partial charge in [0.05, 0.1) is 5.56 Å². The van der Waals surface area contributed by atoms with Gasteiger partial charge in [0.2, 0.25) is 5.13 Å². The topological polar surface area (TPSA) is 75.6 Å². The van der Waals surface area contributed by atoms with Crippen molar-refractivity contribution in [3.05, 3.63) is 33.4 Å². The number of thioether (sulfide) groups is 1. The summed E-state index contributed by atoms with van der Waals surface area (Å²) in [4.78, 5) is 28.3. The molecule has 0 radical (unpaired) electrons. The Labute approximate surface area is 179 Å². The molecule has 7 nitrogen and oxygen atoms in total. The number of aromatic nitrogens is 2. The van der Waals surface area contributed by atoms with E-state index < -0.39 is 12.2 Å². The van der Waals surface area contributed by atoms with Gasteiger partial charge in [-0.15, -0.1) is 10.2 Å². The summed E-state index contributed by atoms with van der Waals surface area (Å²) in [5.41, 5.74) is 0.457. The van der Waals surface area contributed by atoms with Crippen LogP contribution in [0.2, 0.25) is 0 Å². The number of carbonyl (C=O) groups excluding carboxylic acids is 2. The van der Waals surface area contributed by atoms with Crippen molar-refractivity contribution < 1.29 is 14.3 Å². The second-order valence-electron chi connectivity index (χ2n) is 5.93. The lowest BCUT2D eigenvalue weighted by Gasteiger charge is -2.37. The normalized spacial score (nSPS) is 17.3. The van der Waals surface area contributed by atoms with E-state index in [2.05, 4.69) is 39.7 Å². The number of halogens is 1. The number of hydrogen-bond donors (Lipinski definition) is 0. The fraction of sp³-hybridized carbons (Fsp3) is 0.412. The first kappa shape index (κ1) is 20.3. The molecule has 2 heterocycles. The Morgan fingerprint density at radius 2 is 2.11 bits per heavy atom. The van der Waals surface area contributed by atoms with E-state index in [1.807, 2.05) is 12.1 Å². The average molecular weight is 518 g/mol. The molecule has 1 saturated heterocycles. The molecule has 0 aliphatic carbocycles. The van der Waals surface area contributed by atoms with Crippen molar-refractivity contribution in [2.45, 2.75) is 30.3 Å². The minimum absolute atomic E-state index is 0.246. The number of esters is 1. The summed E-state index contributed by atoms with van der Waals surface area (Å²) in [6, 6.07) is 6.88. The zero-order valence-electron chi connectivity index (χ0n) is 14.9. The molecule has 3 rings (SSSR count). The minimum atomic E-state index is -0.697. The van der Waals surface area contributed by atoms with Gasteiger partial charge in [-0.2, -0.15) is 0 Å². The van der Waals surface area contributed by atoms with Crippen LogP contribution in [-0.2, 0) is 4.74 Å². The van der Waals surface area contributed by atoms with E-state index in [-0.39, 0.29) is 6.03 Å². The number of ether oxygens (including phenoxy) is 1. The molecular formula is C17H19IN4O3S2. The third-order valence-electron chi connectivity index (χ3n) is 3.89. The first-order chi connectivity index (χ1) is 13.0. The molecule has 144 valence electrons. The van der Waals surface area contributed by atoms with Crippen molar-refractivity contribution in [2.24, 2.45) is 0 Å². The molecule has 0 bridgehead atoms. The summed E-state index contributed by atoms with van der Waals surface area (Å²) in [5, 5.41) is 8.75. The van der Waals surface area contributed by atoms with Crippen LogP contribution >= 0.6 is 45.7 Å². The molecule has 2 aromatic rings. The van der Waals surface area contributed by atoms with Crippen LogP contribution in [0.15, 0.2) is 28.6 Å². The number of anilines is 1. The molecule has 2 amide bonds. The molecule has 1 aliphatic rings. The van der Waals surface area contributed by atoms with E-state index in [0.29, 0.717) is 23.7 Å². The number of nitrogens with zero attached hydrogens (tertiary/aromatic N) is 4. The maximum atomic E-state index is 12.7. The van der Waals surface area contributed by atoms with Gasteiger partial charge in [-0.05, 0) is 53.3 Å². The van der Waals surface area contributed by atoms with Gasteiger partial charge in [0.25, 0.3) is 0 Å². The first-order valence-corrected chi connectivity index (χ1v) is 11.3. The molecule has 1 fully saturated rings. The van der Waals surface area contributed by atoms with Gasteiger partial charge in [0.15, 0.2) is 10.6 Å². The molecule has 27 heavy (non-hydrogen) atoms. The summed E-state index contributed by atoms with van der Waals surface area (Å²) in [6.45, 7) is 2.61. The highest BCUT2D eigenvalue weighted by atomic mass is 127. The number of carbonyl (C=O) groups is 2. The Hall–Kier alpha value is -1.40. The second-order valence-corrected chi connectivity index (χ2v) is 9.47. The van der Waals surface area contributed by atoms with Crippen molar-refractivity contribution in [2.75, 3.05) is 24.2 Å². The fourth-order valence-corrected chi connectivity index (χ4v) is 4.64. The summed E-state index contributed by atoms with van der Waals surface area (Å²) < 4.78 is 7.50. The van der Waals surface area contributed by atoms with Gasteiger partial charge < -0.3 is 9.64 Å². The van der Waals surface area contributed by atoms with Gasteiger partial charge in [-0.25, -0.2) is 14.5 Å². The van der Waals surface area contributed by atoms with E-state index in [9.17, 15) is 9.59 Å². The van der Waals surface area contributed by atoms with Crippen LogP contribution in [0, 0.1) is 3.57 Å². The van der Waals surface area contributed by atoms with Crippen LogP contribution in [0.25, 0.3) is 0 Å². The van der Waals surface area contributed by atoms with Crippen molar-refractivity contribution in [3.63, 3.8) is 0 Å². The largest absolute Gasteiger partial charge is 0.437 e. The number of benzene rings is 1. The van der Waals surface area contributed by atoms with E-state index in [1.165, 1.54) is 16.2 Å². The molecule has 1 aromatic heterocycles. The molecular weight excluding hydrogens is 499 g/mol. The van der Waals surface area contributed by atoms with Crippen LogP contribution in [0.5, 0.6) is 0 Å². The molecule has 10 heteroatoms. The number of urea groups is 1. The molecule has 0 spiro atoms. The number of hydrogen-bond acceptors (Lipinski definition) is 7. The highest BCUT2D eigenvalue weighted by Crippen LogP contribution is 2.32. The maximum absolute atomic E-state index is 12.7. The van der Waals surface area contributed by atoms with Gasteiger partial charge in [0, 0.05) is 29.3 Å². The van der Waals surface area contributed by atoms with Gasteiger partial charge >= 0.3 is 12.0 Å². The number of rotatable bonds is 6. The minimum Gasteiger partial charge on any atom is -0.437 e. The summed E-state index contributed by atoms with van der Waals surface area (Å²) in [6.07, 6.45) is 0.841. The smallest absolute Gasteiger partial charge is 0.340 e. The van der Waals surface area contributed by atoms with Crippen LogP contribution < -0.4 is 4.90 Å². The van der Waals surface area contributed by atoms with E-state index in [0.717, 1.165) is 20.1 Å². The van der Waals surface area contributed by atoms with Crippen molar-refractivity contribution in [1.29, 1.82) is 0 Å². The molecule has 0 N–H and O–H groups in total. The summed E-state index contributed by atoms with van der Waals surface area (Å²) in [7, 11) is 1.72. The predicted molar refractivity (Wildman–Crippen MR) is 114 cm³/mol. The Kier molecular flexibility index (Phi) is 6.93. The molecule has 0 saturated carbocycles. The van der Waals surface area contributed by atoms with E-state index in [1.54, 1.807) is 35.8 Å². The van der Waals surface area contributed by atoms with Crippen LogP contribution in [-0.4, -0.2) is 52.7 Å². The second kappa shape index (κ2) is 9.20. The SMILES string of the molecule is CCCSc1nnc(N2C(=O)N(C)CCC2OC(=O)c2ccc(I)cc2)s1. The zero-order valence-corrected chi connectivity index (χ0v) is 18.7. The summed E-state index contributed by atoms with van der Waals surface area (Å²) in [5.74, 6) is 0.483. The lowest BCUT2D eigenvalue weighted by atomic mass is 10.2. The van der Waals surface area contributed by atoms with Gasteiger partial charge in [-0.3, -0.25) is 0 Å². The monoisotopic (exact) mass is 518 g/mol. The Morgan fingerprint density at radius 1 is 1.37 bits per heavy atom. The lowest BCUT2D eigenvalue weighted by molar-refractivity contribution is 0.0229. The average Bonchev–Trinajstić information content (AvgIpc) is 3.12. The first-order valence-electron chi connectivity index (χ1n) is 8.46. The maximum Gasteiger partial charge on any atom is 0.340 e. The highest BCUT2D eigenvalue weighted by molar-refractivity contribution is 14.1. The molecule has 1 aliphatic heterocycles. The van der Waals surface area contributed by atoms with Crippen molar-refractivity contribution >= 4 is 62.8 Å². The summed E-state index contributed by atoms with van der Waals surface area (Å²) >= 11 is 5.12. The Balaban J connectivity index is 1.79. The highest BCUT2D eigenvalue weighted by Gasteiger charge is 2.37. The van der Waals surface area contributed by atoms with Crippen molar-refractivity contribution in [1.82, 2.24) is 15.1 Å². The molecule has 1 atom stereocenters. The van der Waals surface area contributed by atoms with Gasteiger partial charge in [0.1, 0.15) is 0 Å². The van der Waals surface area contributed by atoms with Crippen molar-refractivity contribution in [3.8, 4) is 0 Å². The van der Waals surface area contributed by atoms with Gasteiger partial charge in [-0.1, -0.05) is 30.0 Å². The standard InChI is InChI=1S/C17H19IN4O3S2/c1-3-10-26-16-20-19-15(27-16)22-13(8-9-21(2)17(22)24)25-14(23)11-4-6-12(18)7-5-11/h4-7,13H,3,8-10H2,1-2H3. The van der Waals surface area contributed by atoms with E-state index >= 15 is 0 Å². The van der Waals surface area contributed by atoms with Crippen LogP contribution in [0.4, 0.5) is 9.93 Å². The Morgan fingerprint density at radius 3 is 2.81 bits per heavy atom. The third-order valence-corrected chi connectivity index (χ3v) is 6.87. The Bertz CT molecular complexity index is 815. The predicted octanol–water partition coefficient (Wildman–Crippen LogP) is 4.09. The van der Waals surface area contributed by atoms with Crippen LogP contribution in [0.3, 0.4) is 0 Å². The third kappa shape index (κ3) is 4.91. The quantitative estimate of drug-likeness (QED) is 0.248. The van der Waals surface area contributed by atoms with E-state index in [4.69, 9.17) is 4.74 Å². The zero-order chi connectivity index (χ0) is 19.4. The number of amides is 2. The molecule has 1 unspecified atom stereocenters. The fourth-order valence-electron chi connectivity index (χ4n) is 2.48.